The summed E-state index contributed by atoms with van der Waals surface area (Å²) in [4.78, 5) is 4.40. The van der Waals surface area contributed by atoms with E-state index in [2.05, 4.69) is 24.9 Å². The van der Waals surface area contributed by atoms with Crippen molar-refractivity contribution in [1.82, 2.24) is 24.0 Å². The van der Waals surface area contributed by atoms with Gasteiger partial charge in [0.2, 0.25) is 5.13 Å². The van der Waals surface area contributed by atoms with Gasteiger partial charge in [-0.05, 0) is 19.1 Å². The van der Waals surface area contributed by atoms with E-state index in [1.54, 1.807) is 0 Å². The molecule has 0 saturated heterocycles. The van der Waals surface area contributed by atoms with Gasteiger partial charge in [-0.25, -0.2) is 4.98 Å². The number of pyridine rings is 1. The number of rotatable bonds is 4. The van der Waals surface area contributed by atoms with Crippen LogP contribution in [-0.2, 0) is 6.42 Å². The molecule has 0 aliphatic rings. The first-order valence-electron chi connectivity index (χ1n) is 6.16. The van der Waals surface area contributed by atoms with Gasteiger partial charge >= 0.3 is 0 Å². The average molecular weight is 274 g/mol. The van der Waals surface area contributed by atoms with E-state index in [4.69, 9.17) is 0 Å². The fourth-order valence-corrected chi connectivity index (χ4v) is 2.60. The van der Waals surface area contributed by atoms with Crippen LogP contribution in [-0.4, -0.2) is 24.0 Å². The van der Waals surface area contributed by atoms with Gasteiger partial charge in [0.25, 0.3) is 0 Å². The second-order valence-corrected chi connectivity index (χ2v) is 4.97. The minimum absolute atomic E-state index is 0.0232. The fourth-order valence-electron chi connectivity index (χ4n) is 1.86. The Kier molecular flexibility index (Phi) is 3.12. The van der Waals surface area contributed by atoms with Gasteiger partial charge in [-0.2, -0.15) is 4.37 Å². The summed E-state index contributed by atoms with van der Waals surface area (Å²) < 4.78 is 6.23. The van der Waals surface area contributed by atoms with Crippen molar-refractivity contribution in [2.45, 2.75) is 26.3 Å². The van der Waals surface area contributed by atoms with Crippen LogP contribution in [0.4, 0.5) is 5.13 Å². The molecule has 0 saturated carbocycles. The predicted octanol–water partition coefficient (Wildman–Crippen LogP) is 2.32. The Morgan fingerprint density at radius 1 is 1.37 bits per heavy atom. The molecule has 0 radical (unpaired) electrons. The van der Waals surface area contributed by atoms with E-state index in [1.165, 1.54) is 11.5 Å². The van der Waals surface area contributed by atoms with Gasteiger partial charge in [-0.1, -0.05) is 13.0 Å². The highest BCUT2D eigenvalue weighted by atomic mass is 32.1. The summed E-state index contributed by atoms with van der Waals surface area (Å²) in [6.45, 7) is 4.08. The average Bonchev–Trinajstić information content (AvgIpc) is 3.04. The maximum atomic E-state index is 4.40. The molecule has 98 valence electrons. The fraction of sp³-hybridized carbons (Fsp3) is 0.333. The van der Waals surface area contributed by atoms with Crippen LogP contribution in [0, 0.1) is 0 Å². The molecule has 1 unspecified atom stereocenters. The van der Waals surface area contributed by atoms with E-state index in [9.17, 15) is 0 Å². The van der Waals surface area contributed by atoms with E-state index >= 15 is 0 Å². The molecule has 0 aliphatic carbocycles. The molecular formula is C12H14N6S. The monoisotopic (exact) mass is 274 g/mol. The van der Waals surface area contributed by atoms with E-state index in [0.29, 0.717) is 0 Å². The summed E-state index contributed by atoms with van der Waals surface area (Å²) in [5.74, 6) is 1.73. The number of aromatic nitrogens is 5. The molecular weight excluding hydrogens is 260 g/mol. The first-order chi connectivity index (χ1) is 9.28. The number of anilines is 1. The molecule has 0 bridgehead atoms. The first kappa shape index (κ1) is 12.0. The molecule has 3 aromatic heterocycles. The van der Waals surface area contributed by atoms with E-state index < -0.39 is 0 Å². The zero-order valence-electron chi connectivity index (χ0n) is 10.7. The topological polar surface area (TPSA) is 68.0 Å². The number of hydrogen-bond donors (Lipinski definition) is 1. The highest BCUT2D eigenvalue weighted by molar-refractivity contribution is 7.09. The number of aryl methyl sites for hydroxylation is 1. The van der Waals surface area contributed by atoms with Gasteiger partial charge in [-0.15, -0.1) is 10.2 Å². The van der Waals surface area contributed by atoms with E-state index in [1.807, 2.05) is 42.6 Å². The second-order valence-electron chi connectivity index (χ2n) is 4.22. The van der Waals surface area contributed by atoms with Crippen LogP contribution in [0.15, 0.2) is 24.4 Å². The summed E-state index contributed by atoms with van der Waals surface area (Å²) in [6.07, 6.45) is 2.81. The summed E-state index contributed by atoms with van der Waals surface area (Å²) in [7, 11) is 0. The molecule has 0 aliphatic heterocycles. The largest absolute Gasteiger partial charge is 0.351 e. The third-order valence-corrected chi connectivity index (χ3v) is 3.54. The minimum atomic E-state index is 0.0232. The highest BCUT2D eigenvalue weighted by Gasteiger charge is 2.14. The Hall–Kier alpha value is -2.02. The molecule has 1 atom stereocenters. The SMILES string of the molecule is CCc1nsc(NC(C)c2nnc3ccccn23)n1. The van der Waals surface area contributed by atoms with Crippen molar-refractivity contribution in [3.63, 3.8) is 0 Å². The lowest BCUT2D eigenvalue weighted by Gasteiger charge is -2.10. The Morgan fingerprint density at radius 2 is 2.26 bits per heavy atom. The summed E-state index contributed by atoms with van der Waals surface area (Å²) >= 11 is 1.38. The maximum Gasteiger partial charge on any atom is 0.203 e. The van der Waals surface area contributed by atoms with Crippen LogP contribution in [0.5, 0.6) is 0 Å². The lowest BCUT2D eigenvalue weighted by molar-refractivity contribution is 0.770. The molecule has 7 heteroatoms. The Bertz CT molecular complexity index is 688. The molecule has 1 N–H and O–H groups in total. The smallest absolute Gasteiger partial charge is 0.203 e. The molecule has 0 fully saturated rings. The highest BCUT2D eigenvalue weighted by Crippen LogP contribution is 2.20. The van der Waals surface area contributed by atoms with Crippen molar-refractivity contribution in [3.05, 3.63) is 36.0 Å². The number of nitrogens with one attached hydrogen (secondary N) is 1. The van der Waals surface area contributed by atoms with Crippen LogP contribution >= 0.6 is 11.5 Å². The molecule has 3 heterocycles. The zero-order chi connectivity index (χ0) is 13.2. The van der Waals surface area contributed by atoms with Crippen molar-refractivity contribution in [2.75, 3.05) is 5.32 Å². The van der Waals surface area contributed by atoms with Gasteiger partial charge < -0.3 is 5.32 Å². The van der Waals surface area contributed by atoms with Crippen molar-refractivity contribution < 1.29 is 0 Å². The predicted molar refractivity (Wildman–Crippen MR) is 74.3 cm³/mol. The molecule has 19 heavy (non-hydrogen) atoms. The van der Waals surface area contributed by atoms with Gasteiger partial charge in [-0.3, -0.25) is 4.40 Å². The van der Waals surface area contributed by atoms with Crippen LogP contribution in [0.3, 0.4) is 0 Å². The minimum Gasteiger partial charge on any atom is -0.351 e. The van der Waals surface area contributed by atoms with Crippen LogP contribution < -0.4 is 5.32 Å². The third kappa shape index (κ3) is 2.28. The first-order valence-corrected chi connectivity index (χ1v) is 6.94. The summed E-state index contributed by atoms with van der Waals surface area (Å²) in [5, 5.41) is 12.5. The standard InChI is InChI=1S/C12H14N6S/c1-3-9-14-12(19-17-9)13-8(2)11-16-15-10-6-4-5-7-18(10)11/h4-8H,3H2,1-2H3,(H,13,14,17). The Labute approximate surface area is 114 Å². The zero-order valence-corrected chi connectivity index (χ0v) is 11.6. The molecule has 3 rings (SSSR count). The Balaban J connectivity index is 1.85. The van der Waals surface area contributed by atoms with Crippen LogP contribution in [0.25, 0.3) is 5.65 Å². The van der Waals surface area contributed by atoms with Gasteiger partial charge in [0.05, 0.1) is 6.04 Å². The Morgan fingerprint density at radius 3 is 3.05 bits per heavy atom. The van der Waals surface area contributed by atoms with Crippen LogP contribution in [0.2, 0.25) is 0 Å². The molecule has 0 amide bonds. The number of nitrogens with zero attached hydrogens (tertiary/aromatic N) is 5. The number of fused-ring (bicyclic) bond motifs is 1. The number of hydrogen-bond acceptors (Lipinski definition) is 6. The lowest BCUT2D eigenvalue weighted by atomic mass is 10.3. The van der Waals surface area contributed by atoms with Crippen molar-refractivity contribution >= 4 is 22.3 Å². The molecule has 3 aromatic rings. The summed E-state index contributed by atoms with van der Waals surface area (Å²) in [6, 6.07) is 5.87. The lowest BCUT2D eigenvalue weighted by Crippen LogP contribution is -2.10. The van der Waals surface area contributed by atoms with Crippen molar-refractivity contribution in [3.8, 4) is 0 Å². The molecule has 0 aromatic carbocycles. The van der Waals surface area contributed by atoms with E-state index in [0.717, 1.165) is 28.8 Å². The molecule has 6 nitrogen and oxygen atoms in total. The van der Waals surface area contributed by atoms with Gasteiger partial charge in [0, 0.05) is 24.2 Å². The normalized spacial score (nSPS) is 12.7. The van der Waals surface area contributed by atoms with Crippen molar-refractivity contribution in [2.24, 2.45) is 0 Å². The molecule has 0 spiro atoms. The maximum absolute atomic E-state index is 4.40. The van der Waals surface area contributed by atoms with Crippen molar-refractivity contribution in [1.29, 1.82) is 0 Å². The third-order valence-electron chi connectivity index (χ3n) is 2.85. The van der Waals surface area contributed by atoms with Gasteiger partial charge in [0.15, 0.2) is 11.5 Å². The van der Waals surface area contributed by atoms with Gasteiger partial charge in [0.1, 0.15) is 5.82 Å². The van der Waals surface area contributed by atoms with Crippen LogP contribution in [0.1, 0.15) is 31.5 Å². The summed E-state index contributed by atoms with van der Waals surface area (Å²) in [5.41, 5.74) is 0.845. The second kappa shape index (κ2) is 4.93. The quantitative estimate of drug-likeness (QED) is 0.790. The van der Waals surface area contributed by atoms with E-state index in [-0.39, 0.29) is 6.04 Å².